The molecule has 1 amide bonds. The van der Waals surface area contributed by atoms with Gasteiger partial charge in [0.15, 0.2) is 6.10 Å². The highest BCUT2D eigenvalue weighted by Crippen LogP contribution is 2.28. The lowest BCUT2D eigenvalue weighted by molar-refractivity contribution is -0.126. The van der Waals surface area contributed by atoms with E-state index in [2.05, 4.69) is 0 Å². The van der Waals surface area contributed by atoms with Crippen molar-refractivity contribution in [2.75, 3.05) is 11.4 Å². The lowest BCUT2D eigenvalue weighted by Gasteiger charge is -2.21. The zero-order chi connectivity index (χ0) is 20.9. The van der Waals surface area contributed by atoms with Crippen LogP contribution in [0.3, 0.4) is 0 Å². The van der Waals surface area contributed by atoms with Crippen LogP contribution in [0.4, 0.5) is 5.69 Å². The van der Waals surface area contributed by atoms with Crippen molar-refractivity contribution in [1.29, 1.82) is 0 Å². The maximum absolute atomic E-state index is 12.8. The molecule has 1 aliphatic heterocycles. The van der Waals surface area contributed by atoms with E-state index in [1.165, 1.54) is 0 Å². The van der Waals surface area contributed by atoms with Crippen LogP contribution in [-0.4, -0.2) is 24.5 Å². The molecule has 0 radical (unpaired) electrons. The number of carbonyl (C=O) groups excluding carboxylic acids is 2. The highest BCUT2D eigenvalue weighted by atomic mass is 16.5. The first kappa shape index (κ1) is 19.7. The molecule has 1 heterocycles. The summed E-state index contributed by atoms with van der Waals surface area (Å²) in [4.78, 5) is 26.9. The molecule has 0 saturated carbocycles. The smallest absolute Gasteiger partial charge is 0.338 e. The average Bonchev–Trinajstić information content (AvgIpc) is 3.22. The zero-order valence-corrected chi connectivity index (χ0v) is 16.8. The molecule has 5 heteroatoms. The molecule has 0 N–H and O–H groups in total. The summed E-state index contributed by atoms with van der Waals surface area (Å²) in [5.41, 5.74) is 3.47. The molecule has 0 aliphatic carbocycles. The summed E-state index contributed by atoms with van der Waals surface area (Å²) in [7, 11) is 0. The second-order valence-electron chi connectivity index (χ2n) is 7.21. The third kappa shape index (κ3) is 4.35. The highest BCUT2D eigenvalue weighted by molar-refractivity contribution is 6.00. The van der Waals surface area contributed by atoms with E-state index >= 15 is 0 Å². The summed E-state index contributed by atoms with van der Waals surface area (Å²) in [6.45, 7) is 2.67. The Labute approximate surface area is 175 Å². The van der Waals surface area contributed by atoms with Gasteiger partial charge in [-0.25, -0.2) is 4.79 Å². The molecule has 3 aromatic rings. The molecule has 0 fully saturated rings. The average molecular weight is 401 g/mol. The third-order valence-corrected chi connectivity index (χ3v) is 5.12. The summed E-state index contributed by atoms with van der Waals surface area (Å²) in [5, 5.41) is 0. The number of esters is 1. The molecular formula is C25H23NO4. The topological polar surface area (TPSA) is 55.8 Å². The summed E-state index contributed by atoms with van der Waals surface area (Å²) in [6, 6.07) is 24.4. The van der Waals surface area contributed by atoms with Crippen molar-refractivity contribution in [1.82, 2.24) is 0 Å². The minimum Gasteiger partial charge on any atom is -0.489 e. The van der Waals surface area contributed by atoms with Crippen molar-refractivity contribution < 1.29 is 19.1 Å². The maximum Gasteiger partial charge on any atom is 0.338 e. The number of benzene rings is 3. The second-order valence-corrected chi connectivity index (χ2v) is 7.21. The third-order valence-electron chi connectivity index (χ3n) is 5.12. The van der Waals surface area contributed by atoms with Gasteiger partial charge in [0.2, 0.25) is 0 Å². The minimum atomic E-state index is -0.863. The Balaban J connectivity index is 1.34. The van der Waals surface area contributed by atoms with Crippen LogP contribution in [0, 0.1) is 0 Å². The minimum absolute atomic E-state index is 0.212. The molecule has 1 atom stereocenters. The van der Waals surface area contributed by atoms with Crippen LogP contribution in [0.1, 0.15) is 28.4 Å². The van der Waals surface area contributed by atoms with Crippen molar-refractivity contribution >= 4 is 17.6 Å². The molecule has 5 nitrogen and oxygen atoms in total. The number of anilines is 1. The molecule has 0 spiro atoms. The van der Waals surface area contributed by atoms with Crippen LogP contribution in [0.2, 0.25) is 0 Å². The molecule has 152 valence electrons. The van der Waals surface area contributed by atoms with Gasteiger partial charge in [-0.2, -0.15) is 0 Å². The first-order valence-corrected chi connectivity index (χ1v) is 9.99. The van der Waals surface area contributed by atoms with Gasteiger partial charge in [0, 0.05) is 12.2 Å². The van der Waals surface area contributed by atoms with E-state index in [4.69, 9.17) is 9.47 Å². The van der Waals surface area contributed by atoms with Crippen LogP contribution in [-0.2, 0) is 22.6 Å². The number of fused-ring (bicyclic) bond motifs is 1. The van der Waals surface area contributed by atoms with Crippen LogP contribution >= 0.6 is 0 Å². The SMILES string of the molecule is C[C@H](OC(=O)c1ccc(OCc2ccccc2)cc1)C(=O)N1CCc2ccccc21. The predicted octanol–water partition coefficient (Wildman–Crippen LogP) is 4.40. The Morgan fingerprint density at radius 1 is 0.933 bits per heavy atom. The molecule has 4 rings (SSSR count). The van der Waals surface area contributed by atoms with Gasteiger partial charge in [-0.15, -0.1) is 0 Å². The van der Waals surface area contributed by atoms with Crippen LogP contribution in [0.15, 0.2) is 78.9 Å². The Kier molecular flexibility index (Phi) is 5.80. The number of nitrogens with zero attached hydrogens (tertiary/aromatic N) is 1. The summed E-state index contributed by atoms with van der Waals surface area (Å²) >= 11 is 0. The normalized spacial score (nSPS) is 13.4. The van der Waals surface area contributed by atoms with Gasteiger partial charge in [0.1, 0.15) is 12.4 Å². The molecule has 0 unspecified atom stereocenters. The highest BCUT2D eigenvalue weighted by Gasteiger charge is 2.29. The fraction of sp³-hybridized carbons (Fsp3) is 0.200. The van der Waals surface area contributed by atoms with Crippen LogP contribution < -0.4 is 9.64 Å². The first-order chi connectivity index (χ1) is 14.6. The fourth-order valence-corrected chi connectivity index (χ4v) is 3.49. The van der Waals surface area contributed by atoms with E-state index in [0.29, 0.717) is 24.5 Å². The van der Waals surface area contributed by atoms with E-state index < -0.39 is 12.1 Å². The van der Waals surface area contributed by atoms with Crippen molar-refractivity contribution in [3.63, 3.8) is 0 Å². The van der Waals surface area contributed by atoms with Gasteiger partial charge in [-0.1, -0.05) is 48.5 Å². The molecule has 1 aliphatic rings. The van der Waals surface area contributed by atoms with Crippen LogP contribution in [0.25, 0.3) is 0 Å². The largest absolute Gasteiger partial charge is 0.489 e. The van der Waals surface area contributed by atoms with Crippen molar-refractivity contribution in [3.05, 3.63) is 95.6 Å². The molecule has 0 aromatic heterocycles. The van der Waals surface area contributed by atoms with Gasteiger partial charge < -0.3 is 14.4 Å². The van der Waals surface area contributed by atoms with E-state index in [9.17, 15) is 9.59 Å². The van der Waals surface area contributed by atoms with Gasteiger partial charge >= 0.3 is 5.97 Å². The summed E-state index contributed by atoms with van der Waals surface area (Å²) < 4.78 is 11.2. The van der Waals surface area contributed by atoms with Gasteiger partial charge in [0.25, 0.3) is 5.91 Å². The quantitative estimate of drug-likeness (QED) is 0.575. The Morgan fingerprint density at radius 3 is 2.40 bits per heavy atom. The molecule has 0 saturated heterocycles. The number of hydrogen-bond donors (Lipinski definition) is 0. The van der Waals surface area contributed by atoms with E-state index in [1.54, 1.807) is 36.1 Å². The summed E-state index contributed by atoms with van der Waals surface area (Å²) in [5.74, 6) is -0.0812. The lowest BCUT2D eigenvalue weighted by atomic mass is 10.2. The number of para-hydroxylation sites is 1. The van der Waals surface area contributed by atoms with Crippen molar-refractivity contribution in [2.24, 2.45) is 0 Å². The Hall–Kier alpha value is -3.60. The van der Waals surface area contributed by atoms with Crippen LogP contribution in [0.5, 0.6) is 5.75 Å². The van der Waals surface area contributed by atoms with E-state index in [1.807, 2.05) is 54.6 Å². The molecule has 0 bridgehead atoms. The number of carbonyl (C=O) groups is 2. The number of amides is 1. The van der Waals surface area contributed by atoms with Gasteiger partial charge in [-0.3, -0.25) is 4.79 Å². The molecular weight excluding hydrogens is 378 g/mol. The maximum atomic E-state index is 12.8. The Morgan fingerprint density at radius 2 is 1.63 bits per heavy atom. The Bertz CT molecular complexity index is 1030. The predicted molar refractivity (Wildman–Crippen MR) is 115 cm³/mol. The summed E-state index contributed by atoms with van der Waals surface area (Å²) in [6.07, 6.45) is -0.0508. The zero-order valence-electron chi connectivity index (χ0n) is 16.8. The first-order valence-electron chi connectivity index (χ1n) is 9.99. The lowest BCUT2D eigenvalue weighted by Crippen LogP contribution is -2.39. The van der Waals surface area contributed by atoms with E-state index in [-0.39, 0.29) is 5.91 Å². The number of rotatable bonds is 6. The molecule has 3 aromatic carbocycles. The monoisotopic (exact) mass is 401 g/mol. The van der Waals surface area contributed by atoms with Gasteiger partial charge in [-0.05, 0) is 54.8 Å². The fourth-order valence-electron chi connectivity index (χ4n) is 3.49. The molecule has 30 heavy (non-hydrogen) atoms. The second kappa shape index (κ2) is 8.82. The van der Waals surface area contributed by atoms with Crippen molar-refractivity contribution in [3.8, 4) is 5.75 Å². The van der Waals surface area contributed by atoms with Gasteiger partial charge in [0.05, 0.1) is 5.56 Å². The standard InChI is InChI=1S/C25H23NO4/c1-18(24(27)26-16-15-20-9-5-6-10-23(20)26)30-25(28)21-11-13-22(14-12-21)29-17-19-7-3-2-4-8-19/h2-14,18H,15-17H2,1H3/t18-/m0/s1. The van der Waals surface area contributed by atoms with Crippen molar-refractivity contribution in [2.45, 2.75) is 26.1 Å². The number of hydrogen-bond acceptors (Lipinski definition) is 4. The van der Waals surface area contributed by atoms with E-state index in [0.717, 1.165) is 23.2 Å². The number of ether oxygens (including phenoxy) is 2.